The Labute approximate surface area is 144 Å². The zero-order valence-electron chi connectivity index (χ0n) is 14.9. The van der Waals surface area contributed by atoms with Crippen molar-refractivity contribution in [1.29, 1.82) is 0 Å². The van der Waals surface area contributed by atoms with E-state index < -0.39 is 11.7 Å². The molecule has 0 saturated carbocycles. The van der Waals surface area contributed by atoms with Crippen LogP contribution in [0, 0.1) is 0 Å². The average molecular weight is 334 g/mol. The van der Waals surface area contributed by atoms with Crippen LogP contribution in [0.15, 0.2) is 36.0 Å². The first kappa shape index (κ1) is 17.9. The minimum Gasteiger partial charge on any atom is -0.389 e. The number of rotatable bonds is 0. The van der Waals surface area contributed by atoms with Crippen LogP contribution in [-0.4, -0.2) is 46.3 Å². The Morgan fingerprint density at radius 3 is 2.71 bits per heavy atom. The van der Waals surface area contributed by atoms with Crippen molar-refractivity contribution in [2.45, 2.75) is 81.9 Å². The number of hydrogen-bond acceptors (Lipinski definition) is 4. The molecule has 4 heteroatoms. The molecular formula is C20H30O4. The van der Waals surface area contributed by atoms with E-state index in [1.807, 2.05) is 6.08 Å². The van der Waals surface area contributed by atoms with Crippen molar-refractivity contribution in [3.63, 3.8) is 0 Å². The molecule has 1 aliphatic carbocycles. The fraction of sp³-hybridized carbons (Fsp3) is 0.700. The SMILES string of the molecule is C=C1CC[C@@]2(O)C(=C)CO[C@H]2C=C(C)CC[C@@H]2O[C@]2(C)CC[C@H]1O. The van der Waals surface area contributed by atoms with Gasteiger partial charge in [-0.3, -0.25) is 0 Å². The van der Waals surface area contributed by atoms with Crippen LogP contribution >= 0.6 is 0 Å². The molecule has 0 aromatic heterocycles. The van der Waals surface area contributed by atoms with Crippen molar-refractivity contribution < 1.29 is 19.7 Å². The van der Waals surface area contributed by atoms with Crippen molar-refractivity contribution in [3.05, 3.63) is 36.0 Å². The van der Waals surface area contributed by atoms with Gasteiger partial charge in [-0.2, -0.15) is 0 Å². The van der Waals surface area contributed by atoms with E-state index in [2.05, 4.69) is 27.0 Å². The largest absolute Gasteiger partial charge is 0.389 e. The number of allylic oxidation sites excluding steroid dienone is 1. The third-order valence-electron chi connectivity index (χ3n) is 6.00. The summed E-state index contributed by atoms with van der Waals surface area (Å²) in [5.74, 6) is 0. The molecule has 2 aliphatic heterocycles. The van der Waals surface area contributed by atoms with E-state index in [0.717, 1.165) is 24.8 Å². The Hall–Kier alpha value is -0.940. The second-order valence-corrected chi connectivity index (χ2v) is 7.94. The van der Waals surface area contributed by atoms with Crippen LogP contribution in [0.25, 0.3) is 0 Å². The van der Waals surface area contributed by atoms with E-state index in [1.54, 1.807) is 0 Å². The molecular weight excluding hydrogens is 304 g/mol. The van der Waals surface area contributed by atoms with Gasteiger partial charge in [-0.05, 0) is 63.5 Å². The lowest BCUT2D eigenvalue weighted by Crippen LogP contribution is -2.39. The van der Waals surface area contributed by atoms with E-state index in [0.29, 0.717) is 31.4 Å². The molecule has 0 unspecified atom stereocenters. The summed E-state index contributed by atoms with van der Waals surface area (Å²) < 4.78 is 11.6. The molecule has 3 rings (SSSR count). The summed E-state index contributed by atoms with van der Waals surface area (Å²) in [6.45, 7) is 12.6. The minimum absolute atomic E-state index is 0.107. The standard InChI is InChI=1S/C20H30O4/c1-13-5-6-17-19(4,24-17)9-8-16(21)14(2)7-10-20(22)15(3)12-23-18(20)11-13/h11,16-18,21-22H,2-3,5-10,12H2,1,4H3/t16-,17+,18+,19-,20-/m1/s1. The minimum atomic E-state index is -1.07. The Morgan fingerprint density at radius 1 is 1.21 bits per heavy atom. The lowest BCUT2D eigenvalue weighted by Gasteiger charge is -2.29. The van der Waals surface area contributed by atoms with E-state index in [9.17, 15) is 10.2 Å². The highest BCUT2D eigenvalue weighted by molar-refractivity contribution is 5.27. The van der Waals surface area contributed by atoms with Crippen molar-refractivity contribution in [3.8, 4) is 0 Å². The first-order chi connectivity index (χ1) is 11.2. The summed E-state index contributed by atoms with van der Waals surface area (Å²) in [5.41, 5.74) is 1.51. The number of ether oxygens (including phenoxy) is 2. The first-order valence-corrected chi connectivity index (χ1v) is 8.98. The van der Waals surface area contributed by atoms with Gasteiger partial charge in [0.2, 0.25) is 0 Å². The second-order valence-electron chi connectivity index (χ2n) is 7.94. The van der Waals surface area contributed by atoms with Gasteiger partial charge in [0, 0.05) is 0 Å². The third-order valence-corrected chi connectivity index (χ3v) is 6.00. The van der Waals surface area contributed by atoms with Gasteiger partial charge in [0.15, 0.2) is 0 Å². The normalized spacial score (nSPS) is 44.3. The zero-order valence-corrected chi connectivity index (χ0v) is 14.9. The number of aliphatic hydroxyl groups excluding tert-OH is 1. The molecule has 2 fully saturated rings. The third kappa shape index (κ3) is 3.38. The average Bonchev–Trinajstić information content (AvgIpc) is 3.12. The van der Waals surface area contributed by atoms with E-state index >= 15 is 0 Å². The lowest BCUT2D eigenvalue weighted by molar-refractivity contribution is -0.00709. The van der Waals surface area contributed by atoms with Crippen LogP contribution in [0.3, 0.4) is 0 Å². The highest BCUT2D eigenvalue weighted by atomic mass is 16.6. The molecule has 4 nitrogen and oxygen atoms in total. The summed E-state index contributed by atoms with van der Waals surface area (Å²) in [4.78, 5) is 0. The van der Waals surface area contributed by atoms with Gasteiger partial charge in [0.25, 0.3) is 0 Å². The van der Waals surface area contributed by atoms with Crippen molar-refractivity contribution in [2.24, 2.45) is 0 Å². The maximum Gasteiger partial charge on any atom is 0.118 e. The fourth-order valence-corrected chi connectivity index (χ4v) is 3.88. The van der Waals surface area contributed by atoms with Crippen LogP contribution in [0.2, 0.25) is 0 Å². The molecule has 0 amide bonds. The highest BCUT2D eigenvalue weighted by Gasteiger charge is 2.51. The lowest BCUT2D eigenvalue weighted by atomic mass is 9.83. The van der Waals surface area contributed by atoms with Gasteiger partial charge in [0.1, 0.15) is 11.7 Å². The van der Waals surface area contributed by atoms with E-state index in [1.165, 1.54) is 5.57 Å². The van der Waals surface area contributed by atoms with Gasteiger partial charge < -0.3 is 19.7 Å². The monoisotopic (exact) mass is 334 g/mol. The smallest absolute Gasteiger partial charge is 0.118 e. The van der Waals surface area contributed by atoms with Crippen LogP contribution in [0.4, 0.5) is 0 Å². The van der Waals surface area contributed by atoms with Crippen LogP contribution in [0.5, 0.6) is 0 Å². The van der Waals surface area contributed by atoms with Gasteiger partial charge in [0.05, 0.1) is 24.4 Å². The predicted octanol–water partition coefficient (Wildman–Crippen LogP) is 3.05. The summed E-state index contributed by atoms with van der Waals surface area (Å²) in [6, 6.07) is 0. The number of epoxide rings is 1. The van der Waals surface area contributed by atoms with Gasteiger partial charge in [-0.25, -0.2) is 0 Å². The second kappa shape index (κ2) is 6.41. The zero-order chi connectivity index (χ0) is 17.5. The molecule has 24 heavy (non-hydrogen) atoms. The fourth-order valence-electron chi connectivity index (χ4n) is 3.88. The molecule has 0 spiro atoms. The Morgan fingerprint density at radius 2 is 1.96 bits per heavy atom. The molecule has 0 radical (unpaired) electrons. The summed E-state index contributed by atoms with van der Waals surface area (Å²) in [6.07, 6.45) is 5.78. The molecule has 2 saturated heterocycles. The number of aliphatic hydroxyl groups is 2. The summed E-state index contributed by atoms with van der Waals surface area (Å²) in [7, 11) is 0. The Bertz CT molecular complexity index is 566. The first-order valence-electron chi connectivity index (χ1n) is 8.98. The van der Waals surface area contributed by atoms with Crippen LogP contribution < -0.4 is 0 Å². The van der Waals surface area contributed by atoms with Crippen molar-refractivity contribution in [1.82, 2.24) is 0 Å². The topological polar surface area (TPSA) is 62.2 Å². The Kier molecular flexibility index (Phi) is 4.77. The molecule has 0 aromatic carbocycles. The molecule has 2 N–H and O–H groups in total. The van der Waals surface area contributed by atoms with Crippen LogP contribution in [-0.2, 0) is 9.47 Å². The van der Waals surface area contributed by atoms with Gasteiger partial charge in [-0.15, -0.1) is 0 Å². The van der Waals surface area contributed by atoms with Gasteiger partial charge in [-0.1, -0.05) is 24.8 Å². The molecule has 134 valence electrons. The number of hydrogen-bond donors (Lipinski definition) is 2. The van der Waals surface area contributed by atoms with E-state index in [-0.39, 0.29) is 17.8 Å². The van der Waals surface area contributed by atoms with Crippen LogP contribution in [0.1, 0.15) is 52.4 Å². The van der Waals surface area contributed by atoms with Crippen molar-refractivity contribution in [2.75, 3.05) is 6.61 Å². The van der Waals surface area contributed by atoms with Crippen molar-refractivity contribution >= 4 is 0 Å². The summed E-state index contributed by atoms with van der Waals surface area (Å²) >= 11 is 0. The maximum atomic E-state index is 11.1. The molecule has 0 bridgehead atoms. The van der Waals surface area contributed by atoms with E-state index in [4.69, 9.17) is 9.47 Å². The van der Waals surface area contributed by atoms with Gasteiger partial charge >= 0.3 is 0 Å². The summed E-state index contributed by atoms with van der Waals surface area (Å²) in [5, 5.41) is 21.5. The predicted molar refractivity (Wildman–Crippen MR) is 93.7 cm³/mol. The highest BCUT2D eigenvalue weighted by Crippen LogP contribution is 2.45. The molecule has 3 aliphatic rings. The maximum absolute atomic E-state index is 11.1. The molecule has 5 atom stereocenters. The number of fused-ring (bicyclic) bond motifs is 2. The quantitative estimate of drug-likeness (QED) is 0.528. The molecule has 0 aromatic rings. The Balaban J connectivity index is 1.80. The molecule has 2 heterocycles.